The maximum atomic E-state index is 13.4. The molecule has 2 fully saturated rings. The van der Waals surface area contributed by atoms with Crippen LogP contribution >= 0.6 is 11.6 Å². The number of anilines is 1. The fourth-order valence-electron chi connectivity index (χ4n) is 4.16. The number of nitrogens with zero attached hydrogens (tertiary/aromatic N) is 3. The molecule has 0 aromatic heterocycles. The minimum Gasteiger partial charge on any atom is -0.293 e. The molecule has 0 saturated carbocycles. The number of likely N-dealkylation sites (tertiary alicyclic amines) is 1. The highest BCUT2D eigenvalue weighted by atomic mass is 35.5. The molecule has 0 unspecified atom stereocenters. The number of halogens is 1. The molecule has 1 amide bonds. The monoisotopic (exact) mass is 381 g/mol. The Kier molecular flexibility index (Phi) is 4.79. The lowest BCUT2D eigenvalue weighted by atomic mass is 9.85. The first-order chi connectivity index (χ1) is 13.0. The Morgan fingerprint density at radius 3 is 2.26 bits per heavy atom. The summed E-state index contributed by atoms with van der Waals surface area (Å²) in [6, 6.07) is 17.2. The second kappa shape index (κ2) is 7.10. The van der Waals surface area contributed by atoms with E-state index in [1.165, 1.54) is 12.8 Å². The zero-order valence-corrected chi connectivity index (χ0v) is 16.5. The Morgan fingerprint density at radius 1 is 1.00 bits per heavy atom. The Hall–Kier alpha value is -2.17. The highest BCUT2D eigenvalue weighted by molar-refractivity contribution is 6.30. The van der Waals surface area contributed by atoms with Gasteiger partial charge in [0.15, 0.2) is 0 Å². The lowest BCUT2D eigenvalue weighted by Gasteiger charge is -2.31. The van der Waals surface area contributed by atoms with Crippen molar-refractivity contribution < 1.29 is 4.79 Å². The molecule has 2 aromatic carbocycles. The average molecular weight is 382 g/mol. The summed E-state index contributed by atoms with van der Waals surface area (Å²) in [5, 5.41) is 0.679. The molecule has 0 bridgehead atoms. The molecule has 140 valence electrons. The number of benzene rings is 2. The van der Waals surface area contributed by atoms with E-state index in [9.17, 15) is 4.79 Å². The van der Waals surface area contributed by atoms with Crippen LogP contribution in [0.3, 0.4) is 0 Å². The van der Waals surface area contributed by atoms with Gasteiger partial charge in [-0.1, -0.05) is 29.8 Å². The molecule has 4 rings (SSSR count). The van der Waals surface area contributed by atoms with Gasteiger partial charge in [-0.15, -0.1) is 0 Å². The van der Waals surface area contributed by atoms with Crippen LogP contribution in [-0.2, 0) is 4.79 Å². The third kappa shape index (κ3) is 3.28. The molecule has 0 radical (unpaired) electrons. The molecule has 2 saturated heterocycles. The number of amides is 1. The maximum absolute atomic E-state index is 13.4. The van der Waals surface area contributed by atoms with Gasteiger partial charge >= 0.3 is 0 Å². The van der Waals surface area contributed by atoms with Gasteiger partial charge in [0.1, 0.15) is 5.84 Å². The van der Waals surface area contributed by atoms with Crippen LogP contribution in [0.15, 0.2) is 59.6 Å². The molecule has 27 heavy (non-hydrogen) atoms. The van der Waals surface area contributed by atoms with Gasteiger partial charge in [-0.05, 0) is 76.2 Å². The molecular formula is C22H24ClN3O. The number of hydrogen-bond donors (Lipinski definition) is 0. The van der Waals surface area contributed by atoms with E-state index in [0.29, 0.717) is 5.02 Å². The molecule has 5 heteroatoms. The number of carbonyl (C=O) groups excluding carboxylic acids is 1. The van der Waals surface area contributed by atoms with Crippen molar-refractivity contribution in [3.8, 4) is 0 Å². The summed E-state index contributed by atoms with van der Waals surface area (Å²) in [5.74, 6) is 0.902. The predicted octanol–water partition coefficient (Wildman–Crippen LogP) is 4.91. The van der Waals surface area contributed by atoms with Crippen LogP contribution in [0.5, 0.6) is 0 Å². The number of para-hydroxylation sites is 1. The van der Waals surface area contributed by atoms with Crippen molar-refractivity contribution in [1.82, 2.24) is 4.90 Å². The summed E-state index contributed by atoms with van der Waals surface area (Å²) in [6.45, 7) is 6.09. The smallest absolute Gasteiger partial charge is 0.240 e. The van der Waals surface area contributed by atoms with E-state index in [1.54, 1.807) is 4.90 Å². The summed E-state index contributed by atoms with van der Waals surface area (Å²) >= 11 is 6.03. The van der Waals surface area contributed by atoms with Crippen molar-refractivity contribution in [2.45, 2.75) is 32.7 Å². The van der Waals surface area contributed by atoms with Crippen LogP contribution in [0.1, 0.15) is 26.7 Å². The first kappa shape index (κ1) is 18.2. The first-order valence-corrected chi connectivity index (χ1v) is 9.84. The molecule has 1 atom stereocenters. The normalized spacial score (nSPS) is 24.1. The zero-order valence-electron chi connectivity index (χ0n) is 15.7. The average Bonchev–Trinajstić information content (AvgIpc) is 3.24. The standard InChI is InChI=1S/C22H24ClN3O/c1-22(2)19(25-14-6-7-15-25)20(24-17-12-10-16(23)11-13-17)26(21(22)27)18-8-4-3-5-9-18/h3-5,8-13,19H,6-7,14-15H2,1-2H3/t19-/m0/s1. The summed E-state index contributed by atoms with van der Waals surface area (Å²) < 4.78 is 0. The van der Waals surface area contributed by atoms with Crippen LogP contribution in [0.2, 0.25) is 5.02 Å². The van der Waals surface area contributed by atoms with Crippen LogP contribution < -0.4 is 4.90 Å². The molecule has 4 nitrogen and oxygen atoms in total. The Bertz CT molecular complexity index is 855. The van der Waals surface area contributed by atoms with E-state index >= 15 is 0 Å². The predicted molar refractivity (Wildman–Crippen MR) is 111 cm³/mol. The van der Waals surface area contributed by atoms with E-state index in [4.69, 9.17) is 16.6 Å². The van der Waals surface area contributed by atoms with Gasteiger partial charge in [0.25, 0.3) is 0 Å². The third-order valence-electron chi connectivity index (χ3n) is 5.50. The minimum absolute atomic E-state index is 0.0385. The number of amidine groups is 1. The second-order valence-electron chi connectivity index (χ2n) is 7.79. The number of carbonyl (C=O) groups is 1. The van der Waals surface area contributed by atoms with Crippen molar-refractivity contribution >= 4 is 34.7 Å². The van der Waals surface area contributed by atoms with Gasteiger partial charge in [-0.3, -0.25) is 14.6 Å². The van der Waals surface area contributed by atoms with E-state index in [-0.39, 0.29) is 11.9 Å². The van der Waals surface area contributed by atoms with Gasteiger partial charge in [-0.25, -0.2) is 4.99 Å². The molecule has 2 aliphatic rings. The van der Waals surface area contributed by atoms with E-state index in [1.807, 2.05) is 68.4 Å². The zero-order chi connectivity index (χ0) is 19.0. The fourth-order valence-corrected chi connectivity index (χ4v) is 4.29. The SMILES string of the molecule is CC1(C)C(=O)N(c2ccccc2)C(=Nc2ccc(Cl)cc2)[C@@H]1N1CCCC1. The maximum Gasteiger partial charge on any atom is 0.240 e. The summed E-state index contributed by atoms with van der Waals surface area (Å²) in [7, 11) is 0. The lowest BCUT2D eigenvalue weighted by molar-refractivity contribution is -0.125. The van der Waals surface area contributed by atoms with Crippen molar-refractivity contribution in [2.24, 2.45) is 10.4 Å². The van der Waals surface area contributed by atoms with E-state index in [0.717, 1.165) is 30.3 Å². The topological polar surface area (TPSA) is 35.9 Å². The summed E-state index contributed by atoms with van der Waals surface area (Å²) in [4.78, 5) is 22.6. The van der Waals surface area contributed by atoms with Gasteiger partial charge in [-0.2, -0.15) is 0 Å². The second-order valence-corrected chi connectivity index (χ2v) is 8.23. The van der Waals surface area contributed by atoms with Gasteiger partial charge < -0.3 is 0 Å². The number of rotatable bonds is 3. The molecule has 0 N–H and O–H groups in total. The lowest BCUT2D eigenvalue weighted by Crippen LogP contribution is -2.46. The van der Waals surface area contributed by atoms with Crippen molar-refractivity contribution in [1.29, 1.82) is 0 Å². The number of aliphatic imine (C=N–C) groups is 1. The Balaban J connectivity index is 1.85. The molecule has 0 aliphatic carbocycles. The van der Waals surface area contributed by atoms with Crippen molar-refractivity contribution in [3.05, 3.63) is 59.6 Å². The largest absolute Gasteiger partial charge is 0.293 e. The Morgan fingerprint density at radius 2 is 1.63 bits per heavy atom. The van der Waals surface area contributed by atoms with Crippen molar-refractivity contribution in [2.75, 3.05) is 18.0 Å². The van der Waals surface area contributed by atoms with Gasteiger partial charge in [0.05, 0.1) is 22.8 Å². The van der Waals surface area contributed by atoms with Crippen LogP contribution in [0, 0.1) is 5.41 Å². The number of hydrogen-bond acceptors (Lipinski definition) is 3. The minimum atomic E-state index is -0.536. The van der Waals surface area contributed by atoms with Crippen molar-refractivity contribution in [3.63, 3.8) is 0 Å². The molecule has 0 spiro atoms. The third-order valence-corrected chi connectivity index (χ3v) is 5.75. The summed E-state index contributed by atoms with van der Waals surface area (Å²) in [6.07, 6.45) is 2.33. The Labute approximate surface area is 165 Å². The van der Waals surface area contributed by atoms with E-state index < -0.39 is 5.41 Å². The van der Waals surface area contributed by atoms with Crippen LogP contribution in [0.25, 0.3) is 0 Å². The molecule has 2 heterocycles. The van der Waals surface area contributed by atoms with Gasteiger partial charge in [0, 0.05) is 5.02 Å². The molecule has 2 aliphatic heterocycles. The fraction of sp³-hybridized carbons (Fsp3) is 0.364. The van der Waals surface area contributed by atoms with E-state index in [2.05, 4.69) is 4.90 Å². The van der Waals surface area contributed by atoms with Crippen LogP contribution in [0.4, 0.5) is 11.4 Å². The molecular weight excluding hydrogens is 358 g/mol. The van der Waals surface area contributed by atoms with Gasteiger partial charge in [0.2, 0.25) is 5.91 Å². The molecule has 2 aromatic rings. The van der Waals surface area contributed by atoms with Crippen LogP contribution in [-0.4, -0.2) is 35.8 Å². The first-order valence-electron chi connectivity index (χ1n) is 9.46. The quantitative estimate of drug-likeness (QED) is 0.757. The summed E-state index contributed by atoms with van der Waals surface area (Å²) in [5.41, 5.74) is 1.14. The highest BCUT2D eigenvalue weighted by Crippen LogP contribution is 2.41. The highest BCUT2D eigenvalue weighted by Gasteiger charge is 2.55.